The zero-order valence-corrected chi connectivity index (χ0v) is 12.1. The smallest absolute Gasteiger partial charge is 0.309 e. The maximum atomic E-state index is 11.8. The first-order valence-corrected chi connectivity index (χ1v) is 6.53. The molecule has 0 aromatic heterocycles. The van der Waals surface area contributed by atoms with Crippen LogP contribution < -0.4 is 9.47 Å². The molecule has 1 aromatic carbocycles. The maximum absolute atomic E-state index is 11.8. The molecule has 0 aliphatic rings. The van der Waals surface area contributed by atoms with E-state index in [1.807, 2.05) is 32.0 Å². The molecule has 106 valence electrons. The quantitative estimate of drug-likeness (QED) is 0.712. The summed E-state index contributed by atoms with van der Waals surface area (Å²) in [5.41, 5.74) is 0.960. The van der Waals surface area contributed by atoms with Crippen molar-refractivity contribution >= 4 is 5.97 Å². The molecule has 0 fully saturated rings. The third-order valence-corrected chi connectivity index (χ3v) is 3.07. The minimum absolute atomic E-state index is 0.152. The number of carbonyl (C=O) groups excluding carboxylic acids is 1. The Labute approximate surface area is 114 Å². The van der Waals surface area contributed by atoms with Crippen LogP contribution in [-0.2, 0) is 16.0 Å². The zero-order chi connectivity index (χ0) is 14.3. The molecule has 4 nitrogen and oxygen atoms in total. The van der Waals surface area contributed by atoms with E-state index in [2.05, 4.69) is 0 Å². The summed E-state index contributed by atoms with van der Waals surface area (Å²) >= 11 is 0. The number of hydrogen-bond donors (Lipinski definition) is 0. The third-order valence-electron chi connectivity index (χ3n) is 3.07. The van der Waals surface area contributed by atoms with Crippen LogP contribution in [0.5, 0.6) is 11.5 Å². The Morgan fingerprint density at radius 2 is 1.95 bits per heavy atom. The Morgan fingerprint density at radius 3 is 2.47 bits per heavy atom. The minimum atomic E-state index is -0.158. The fourth-order valence-electron chi connectivity index (χ4n) is 1.96. The van der Waals surface area contributed by atoms with Crippen LogP contribution >= 0.6 is 0 Å². The van der Waals surface area contributed by atoms with Crippen LogP contribution in [0.4, 0.5) is 0 Å². The monoisotopic (exact) mass is 266 g/mol. The third kappa shape index (κ3) is 4.16. The van der Waals surface area contributed by atoms with Crippen LogP contribution in [-0.4, -0.2) is 26.8 Å². The summed E-state index contributed by atoms with van der Waals surface area (Å²) in [4.78, 5) is 11.8. The molecule has 0 aliphatic heterocycles. The molecule has 4 heteroatoms. The standard InChI is InChI=1S/C15H22O4/c1-5-11(15(16)19-6-2)9-12-10-13(17-3)7-8-14(12)18-4/h7-8,10-11H,5-6,9H2,1-4H3. The highest BCUT2D eigenvalue weighted by Crippen LogP contribution is 2.27. The Balaban J connectivity index is 2.91. The van der Waals surface area contributed by atoms with E-state index >= 15 is 0 Å². The van der Waals surface area contributed by atoms with Crippen molar-refractivity contribution in [2.75, 3.05) is 20.8 Å². The second-order valence-electron chi connectivity index (χ2n) is 4.24. The van der Waals surface area contributed by atoms with Gasteiger partial charge in [-0.25, -0.2) is 0 Å². The van der Waals surface area contributed by atoms with Crippen molar-refractivity contribution < 1.29 is 19.0 Å². The highest BCUT2D eigenvalue weighted by Gasteiger charge is 2.20. The minimum Gasteiger partial charge on any atom is -0.497 e. The number of carbonyl (C=O) groups is 1. The van der Waals surface area contributed by atoms with E-state index in [0.717, 1.165) is 23.5 Å². The van der Waals surface area contributed by atoms with Crippen molar-refractivity contribution in [2.45, 2.75) is 26.7 Å². The summed E-state index contributed by atoms with van der Waals surface area (Å²) in [6, 6.07) is 5.60. The van der Waals surface area contributed by atoms with Gasteiger partial charge in [0.25, 0.3) is 0 Å². The first-order chi connectivity index (χ1) is 9.15. The van der Waals surface area contributed by atoms with Crippen LogP contribution in [0.1, 0.15) is 25.8 Å². The zero-order valence-electron chi connectivity index (χ0n) is 12.1. The second kappa shape index (κ2) is 7.67. The van der Waals surface area contributed by atoms with Crippen LogP contribution in [0.25, 0.3) is 0 Å². The molecule has 0 saturated carbocycles. The normalized spacial score (nSPS) is 11.8. The first kappa shape index (κ1) is 15.3. The van der Waals surface area contributed by atoms with Gasteiger partial charge in [-0.2, -0.15) is 0 Å². The van der Waals surface area contributed by atoms with Gasteiger partial charge in [0.15, 0.2) is 0 Å². The maximum Gasteiger partial charge on any atom is 0.309 e. The summed E-state index contributed by atoms with van der Waals surface area (Å²) in [6.07, 6.45) is 1.33. The topological polar surface area (TPSA) is 44.8 Å². The summed E-state index contributed by atoms with van der Waals surface area (Å²) in [5.74, 6) is 1.22. The molecule has 0 heterocycles. The van der Waals surface area contributed by atoms with E-state index in [-0.39, 0.29) is 11.9 Å². The molecule has 19 heavy (non-hydrogen) atoms. The lowest BCUT2D eigenvalue weighted by Gasteiger charge is -2.16. The molecule has 0 bridgehead atoms. The lowest BCUT2D eigenvalue weighted by Crippen LogP contribution is -2.19. The molecular weight excluding hydrogens is 244 g/mol. The largest absolute Gasteiger partial charge is 0.497 e. The summed E-state index contributed by atoms with van der Waals surface area (Å²) < 4.78 is 15.6. The van der Waals surface area contributed by atoms with Crippen molar-refractivity contribution in [1.29, 1.82) is 0 Å². The fraction of sp³-hybridized carbons (Fsp3) is 0.533. The average molecular weight is 266 g/mol. The van der Waals surface area contributed by atoms with E-state index in [1.54, 1.807) is 14.2 Å². The molecule has 0 N–H and O–H groups in total. The molecule has 0 amide bonds. The van der Waals surface area contributed by atoms with Gasteiger partial charge in [-0.1, -0.05) is 6.92 Å². The molecule has 0 aliphatic carbocycles. The number of hydrogen-bond acceptors (Lipinski definition) is 4. The van der Waals surface area contributed by atoms with Gasteiger partial charge in [-0.15, -0.1) is 0 Å². The molecule has 0 spiro atoms. The highest BCUT2D eigenvalue weighted by atomic mass is 16.5. The van der Waals surface area contributed by atoms with E-state index < -0.39 is 0 Å². The van der Waals surface area contributed by atoms with E-state index in [1.165, 1.54) is 0 Å². The number of methoxy groups -OCH3 is 2. The van der Waals surface area contributed by atoms with Crippen molar-refractivity contribution in [3.8, 4) is 11.5 Å². The van der Waals surface area contributed by atoms with Crippen molar-refractivity contribution in [3.63, 3.8) is 0 Å². The van der Waals surface area contributed by atoms with Crippen LogP contribution in [0, 0.1) is 5.92 Å². The summed E-state index contributed by atoms with van der Waals surface area (Å²) in [5, 5.41) is 0. The van der Waals surface area contributed by atoms with Gasteiger partial charge in [0.2, 0.25) is 0 Å². The van der Waals surface area contributed by atoms with E-state index in [9.17, 15) is 4.79 Å². The van der Waals surface area contributed by atoms with Gasteiger partial charge in [0, 0.05) is 0 Å². The number of esters is 1. The summed E-state index contributed by atoms with van der Waals surface area (Å²) in [7, 11) is 3.24. The highest BCUT2D eigenvalue weighted by molar-refractivity contribution is 5.73. The first-order valence-electron chi connectivity index (χ1n) is 6.53. The van der Waals surface area contributed by atoms with Crippen LogP contribution in [0.2, 0.25) is 0 Å². The number of rotatable bonds is 7. The Morgan fingerprint density at radius 1 is 1.21 bits per heavy atom. The average Bonchev–Trinajstić information content (AvgIpc) is 2.44. The molecule has 1 rings (SSSR count). The van der Waals surface area contributed by atoms with Gasteiger partial charge in [0.05, 0.1) is 26.7 Å². The molecule has 1 aromatic rings. The van der Waals surface area contributed by atoms with Gasteiger partial charge in [0.1, 0.15) is 11.5 Å². The molecule has 1 atom stereocenters. The fourth-order valence-corrected chi connectivity index (χ4v) is 1.96. The van der Waals surface area contributed by atoms with Crippen LogP contribution in [0.3, 0.4) is 0 Å². The summed E-state index contributed by atoms with van der Waals surface area (Å²) in [6.45, 7) is 4.20. The molecular formula is C15H22O4. The predicted molar refractivity (Wildman–Crippen MR) is 73.7 cm³/mol. The van der Waals surface area contributed by atoms with Crippen molar-refractivity contribution in [3.05, 3.63) is 23.8 Å². The lowest BCUT2D eigenvalue weighted by molar-refractivity contribution is -0.148. The lowest BCUT2D eigenvalue weighted by atomic mass is 9.96. The number of benzene rings is 1. The number of ether oxygens (including phenoxy) is 3. The van der Waals surface area contributed by atoms with Gasteiger partial charge in [-0.3, -0.25) is 4.79 Å². The Bertz CT molecular complexity index is 415. The molecule has 0 saturated heterocycles. The van der Waals surface area contributed by atoms with Crippen molar-refractivity contribution in [1.82, 2.24) is 0 Å². The molecule has 1 unspecified atom stereocenters. The molecule has 0 radical (unpaired) electrons. The van der Waals surface area contributed by atoms with E-state index in [4.69, 9.17) is 14.2 Å². The SMILES string of the molecule is CCOC(=O)C(CC)Cc1cc(OC)ccc1OC. The second-order valence-corrected chi connectivity index (χ2v) is 4.24. The van der Waals surface area contributed by atoms with Gasteiger partial charge in [-0.05, 0) is 43.5 Å². The van der Waals surface area contributed by atoms with Crippen LogP contribution in [0.15, 0.2) is 18.2 Å². The Hall–Kier alpha value is -1.71. The Kier molecular flexibility index (Phi) is 6.19. The van der Waals surface area contributed by atoms with Gasteiger partial charge >= 0.3 is 5.97 Å². The predicted octanol–water partition coefficient (Wildman–Crippen LogP) is 2.84. The van der Waals surface area contributed by atoms with E-state index in [0.29, 0.717) is 13.0 Å². The van der Waals surface area contributed by atoms with Crippen molar-refractivity contribution in [2.24, 2.45) is 5.92 Å². The van der Waals surface area contributed by atoms with Gasteiger partial charge < -0.3 is 14.2 Å².